The number of hydrogen-bond donors (Lipinski definition) is 3. The van der Waals surface area contributed by atoms with Gasteiger partial charge in [0.2, 0.25) is 0 Å². The number of nitrogens with one attached hydrogen (secondary N) is 3. The van der Waals surface area contributed by atoms with E-state index in [1.807, 2.05) is 0 Å². The van der Waals surface area contributed by atoms with Gasteiger partial charge in [0.1, 0.15) is 22.9 Å². The van der Waals surface area contributed by atoms with E-state index < -0.39 is 39.3 Å². The molecular weight excluding hydrogens is 495 g/mol. The summed E-state index contributed by atoms with van der Waals surface area (Å²) in [6.45, 7) is 0. The van der Waals surface area contributed by atoms with E-state index in [9.17, 15) is 32.9 Å². The van der Waals surface area contributed by atoms with Crippen molar-refractivity contribution in [3.8, 4) is 11.5 Å². The molecule has 0 unspecified atom stereocenters. The average Bonchev–Trinajstić information content (AvgIpc) is 2.80. The first-order valence-electron chi connectivity index (χ1n) is 9.57. The number of alkyl halides is 3. The molecule has 0 aliphatic carbocycles. The Kier molecular flexibility index (Phi) is 7.40. The number of rotatable bonds is 6. The first kappa shape index (κ1) is 25.2. The number of ether oxygens (including phenoxy) is 1. The second-order valence-corrected chi connectivity index (χ2v) is 7.17. The summed E-state index contributed by atoms with van der Waals surface area (Å²) in [5.41, 5.74) is -2.12. The third kappa shape index (κ3) is 6.35. The van der Waals surface area contributed by atoms with Gasteiger partial charge in [0, 0.05) is 25.0 Å². The normalized spacial score (nSPS) is 10.9. The number of nitro benzene ring substituents is 1. The van der Waals surface area contributed by atoms with Crippen LogP contribution in [0.2, 0.25) is 5.02 Å². The van der Waals surface area contributed by atoms with Gasteiger partial charge in [0.25, 0.3) is 11.6 Å². The molecule has 1 heterocycles. The lowest BCUT2D eigenvalue weighted by Crippen LogP contribution is -2.20. The van der Waals surface area contributed by atoms with Crippen molar-refractivity contribution in [3.63, 3.8) is 0 Å². The van der Waals surface area contributed by atoms with E-state index in [1.165, 1.54) is 37.5 Å². The number of amides is 3. The van der Waals surface area contributed by atoms with E-state index in [0.29, 0.717) is 6.07 Å². The summed E-state index contributed by atoms with van der Waals surface area (Å²) in [6.07, 6.45) is -3.43. The van der Waals surface area contributed by atoms with Crippen LogP contribution in [0.5, 0.6) is 11.5 Å². The van der Waals surface area contributed by atoms with Gasteiger partial charge in [-0.25, -0.2) is 4.79 Å². The van der Waals surface area contributed by atoms with Gasteiger partial charge in [-0.2, -0.15) is 13.2 Å². The quantitative estimate of drug-likeness (QED) is 0.298. The third-order valence-electron chi connectivity index (χ3n) is 4.37. The molecule has 182 valence electrons. The smallest absolute Gasteiger partial charge is 0.417 e. The molecule has 3 N–H and O–H groups in total. The summed E-state index contributed by atoms with van der Waals surface area (Å²) in [6, 6.07) is 7.98. The predicted octanol–water partition coefficient (Wildman–Crippen LogP) is 5.46. The Morgan fingerprint density at radius 2 is 1.77 bits per heavy atom. The molecule has 0 aliphatic heterocycles. The molecule has 2 aromatic carbocycles. The Hall–Kier alpha value is -4.39. The fourth-order valence-corrected chi connectivity index (χ4v) is 3.02. The van der Waals surface area contributed by atoms with Crippen LogP contribution in [0.3, 0.4) is 0 Å². The van der Waals surface area contributed by atoms with Crippen LogP contribution in [0, 0.1) is 10.1 Å². The van der Waals surface area contributed by atoms with Crippen molar-refractivity contribution in [1.29, 1.82) is 0 Å². The molecule has 0 spiro atoms. The Bertz CT molecular complexity index is 1300. The van der Waals surface area contributed by atoms with Crippen LogP contribution < -0.4 is 20.7 Å². The number of urea groups is 1. The molecule has 0 fully saturated rings. The minimum absolute atomic E-state index is 0.0178. The maximum absolute atomic E-state index is 13.0. The number of anilines is 2. The molecule has 0 saturated heterocycles. The molecular formula is C21H15ClF3N5O5. The van der Waals surface area contributed by atoms with E-state index in [2.05, 4.69) is 20.9 Å². The summed E-state index contributed by atoms with van der Waals surface area (Å²) in [5, 5.41) is 17.7. The van der Waals surface area contributed by atoms with E-state index >= 15 is 0 Å². The van der Waals surface area contributed by atoms with Gasteiger partial charge < -0.3 is 20.7 Å². The van der Waals surface area contributed by atoms with Crippen LogP contribution in [0.1, 0.15) is 16.1 Å². The number of carbonyl (C=O) groups excluding carboxylic acids is 2. The average molecular weight is 510 g/mol. The fraction of sp³-hybridized carbons (Fsp3) is 0.0952. The molecule has 10 nitrogen and oxygen atoms in total. The standard InChI is InChI=1S/C21H15ClF3N5O5/c1-26-19(31)17-9-13(6-7-27-17)35-12-3-5-16(18(10-12)30(33)34)29-20(32)28-11-2-4-15(22)14(8-11)21(23,24)25/h2-10H,1H3,(H,26,31)(H2,28,29,32). The Balaban J connectivity index is 1.78. The van der Waals surface area contributed by atoms with Crippen molar-refractivity contribution in [2.24, 2.45) is 0 Å². The lowest BCUT2D eigenvalue weighted by atomic mass is 10.2. The number of carbonyl (C=O) groups is 2. The van der Waals surface area contributed by atoms with Gasteiger partial charge in [0.15, 0.2) is 0 Å². The van der Waals surface area contributed by atoms with Crippen LogP contribution in [0.4, 0.5) is 35.0 Å². The van der Waals surface area contributed by atoms with E-state index in [0.717, 1.165) is 18.2 Å². The SMILES string of the molecule is CNC(=O)c1cc(Oc2ccc(NC(=O)Nc3ccc(Cl)c(C(F)(F)F)c3)c([N+](=O)[O-])c2)ccn1. The molecule has 1 aromatic heterocycles. The van der Waals surface area contributed by atoms with Crippen molar-refractivity contribution in [3.05, 3.63) is 81.1 Å². The zero-order valence-electron chi connectivity index (χ0n) is 17.6. The number of pyridine rings is 1. The van der Waals surface area contributed by atoms with Crippen molar-refractivity contribution < 1.29 is 32.4 Å². The number of nitrogens with zero attached hydrogens (tertiary/aromatic N) is 2. The van der Waals surface area contributed by atoms with Crippen LogP contribution in [-0.4, -0.2) is 28.9 Å². The monoisotopic (exact) mass is 509 g/mol. The predicted molar refractivity (Wildman–Crippen MR) is 120 cm³/mol. The van der Waals surface area contributed by atoms with Crippen LogP contribution >= 0.6 is 11.6 Å². The minimum atomic E-state index is -4.74. The van der Waals surface area contributed by atoms with E-state index in [1.54, 1.807) is 0 Å². The lowest BCUT2D eigenvalue weighted by Gasteiger charge is -2.13. The summed E-state index contributed by atoms with van der Waals surface area (Å²) in [5.74, 6) is -0.270. The van der Waals surface area contributed by atoms with E-state index in [-0.39, 0.29) is 28.6 Å². The molecule has 0 aliphatic rings. The second-order valence-electron chi connectivity index (χ2n) is 6.77. The molecule has 35 heavy (non-hydrogen) atoms. The Labute approximate surface area is 200 Å². The van der Waals surface area contributed by atoms with Crippen molar-refractivity contribution >= 4 is 40.6 Å². The molecule has 0 bridgehead atoms. The number of halogens is 4. The summed E-state index contributed by atoms with van der Waals surface area (Å²) < 4.78 is 44.6. The molecule has 14 heteroatoms. The van der Waals surface area contributed by atoms with Crippen LogP contribution in [0.15, 0.2) is 54.7 Å². The van der Waals surface area contributed by atoms with E-state index in [4.69, 9.17) is 16.3 Å². The van der Waals surface area contributed by atoms with Crippen molar-refractivity contribution in [1.82, 2.24) is 10.3 Å². The summed E-state index contributed by atoms with van der Waals surface area (Å²) in [4.78, 5) is 38.6. The highest BCUT2D eigenvalue weighted by Crippen LogP contribution is 2.36. The van der Waals surface area contributed by atoms with Gasteiger partial charge in [-0.15, -0.1) is 0 Å². The Morgan fingerprint density at radius 3 is 2.43 bits per heavy atom. The van der Waals surface area contributed by atoms with Gasteiger partial charge >= 0.3 is 12.2 Å². The van der Waals surface area contributed by atoms with Crippen molar-refractivity contribution in [2.45, 2.75) is 6.18 Å². The number of hydrogen-bond acceptors (Lipinski definition) is 6. The Morgan fingerprint density at radius 1 is 1.06 bits per heavy atom. The molecule has 0 atom stereocenters. The first-order valence-corrected chi connectivity index (χ1v) is 9.95. The highest BCUT2D eigenvalue weighted by Gasteiger charge is 2.33. The highest BCUT2D eigenvalue weighted by molar-refractivity contribution is 6.31. The third-order valence-corrected chi connectivity index (χ3v) is 4.70. The zero-order chi connectivity index (χ0) is 25.8. The van der Waals surface area contributed by atoms with Gasteiger partial charge in [-0.3, -0.25) is 19.9 Å². The van der Waals surface area contributed by atoms with Gasteiger partial charge in [0.05, 0.1) is 21.6 Å². The zero-order valence-corrected chi connectivity index (χ0v) is 18.4. The first-order chi connectivity index (χ1) is 16.5. The summed E-state index contributed by atoms with van der Waals surface area (Å²) >= 11 is 5.55. The molecule has 3 rings (SSSR count). The molecule has 0 radical (unpaired) electrons. The van der Waals surface area contributed by atoms with Gasteiger partial charge in [-0.1, -0.05) is 11.6 Å². The fourth-order valence-electron chi connectivity index (χ4n) is 2.80. The molecule has 3 aromatic rings. The number of nitro groups is 1. The summed E-state index contributed by atoms with van der Waals surface area (Å²) in [7, 11) is 1.42. The highest BCUT2D eigenvalue weighted by atomic mass is 35.5. The second kappa shape index (κ2) is 10.3. The lowest BCUT2D eigenvalue weighted by molar-refractivity contribution is -0.384. The molecule has 3 amide bonds. The maximum atomic E-state index is 13.0. The van der Waals surface area contributed by atoms with Crippen LogP contribution in [0.25, 0.3) is 0 Å². The maximum Gasteiger partial charge on any atom is 0.417 e. The van der Waals surface area contributed by atoms with Crippen LogP contribution in [-0.2, 0) is 6.18 Å². The van der Waals surface area contributed by atoms with Gasteiger partial charge in [-0.05, 0) is 36.4 Å². The minimum Gasteiger partial charge on any atom is -0.457 e. The topological polar surface area (TPSA) is 135 Å². The largest absolute Gasteiger partial charge is 0.457 e. The number of benzene rings is 2. The van der Waals surface area contributed by atoms with Crippen molar-refractivity contribution in [2.75, 3.05) is 17.7 Å². The molecule has 0 saturated carbocycles. The number of aromatic nitrogens is 1.